The van der Waals surface area contributed by atoms with Gasteiger partial charge < -0.3 is 21.5 Å². The Kier molecular flexibility index (Phi) is 3.90. The van der Waals surface area contributed by atoms with Crippen LogP contribution in [0.5, 0.6) is 5.75 Å². The van der Waals surface area contributed by atoms with Crippen molar-refractivity contribution >= 4 is 5.97 Å². The average Bonchev–Trinajstić information content (AvgIpc) is 2.04. The summed E-state index contributed by atoms with van der Waals surface area (Å²) in [5.74, 6) is -1.59. The number of para-hydroxylation sites is 1. The summed E-state index contributed by atoms with van der Waals surface area (Å²) >= 11 is 0. The van der Waals surface area contributed by atoms with Gasteiger partial charge in [-0.3, -0.25) is 0 Å². The van der Waals surface area contributed by atoms with E-state index in [2.05, 4.69) is 0 Å². The molecular formula is C8H11NO4. The van der Waals surface area contributed by atoms with E-state index in [0.29, 0.717) is 0 Å². The molecular weight excluding hydrogens is 174 g/mol. The molecule has 0 aliphatic carbocycles. The molecule has 0 saturated carbocycles. The highest BCUT2D eigenvalue weighted by Crippen LogP contribution is 2.23. The Bertz CT molecular complexity index is 300. The second-order valence-corrected chi connectivity index (χ2v) is 2.30. The van der Waals surface area contributed by atoms with Crippen LogP contribution in [0, 0.1) is 0 Å². The molecule has 0 saturated heterocycles. The van der Waals surface area contributed by atoms with E-state index in [1.54, 1.807) is 12.1 Å². The first kappa shape index (κ1) is 11.4. The average molecular weight is 185 g/mol. The molecule has 0 amide bonds. The lowest BCUT2D eigenvalue weighted by atomic mass is 10.1. The third kappa shape index (κ3) is 2.43. The highest BCUT2D eigenvalue weighted by Gasteiger charge is 2.18. The molecule has 5 heteroatoms. The topological polar surface area (TPSA) is 113 Å². The van der Waals surface area contributed by atoms with E-state index >= 15 is 0 Å². The van der Waals surface area contributed by atoms with Gasteiger partial charge in [-0.25, -0.2) is 4.79 Å². The number of aliphatic carboxylic acids is 1. The Morgan fingerprint density at radius 2 is 1.85 bits per heavy atom. The molecule has 0 fully saturated rings. The number of carboxylic acid groups (broad SMARTS) is 1. The summed E-state index contributed by atoms with van der Waals surface area (Å²) in [5.41, 5.74) is 0.00463. The molecule has 0 aliphatic rings. The van der Waals surface area contributed by atoms with Crippen LogP contribution in [0.4, 0.5) is 0 Å². The number of aromatic hydroxyl groups is 1. The predicted molar refractivity (Wildman–Crippen MR) is 45.7 cm³/mol. The van der Waals surface area contributed by atoms with Crippen molar-refractivity contribution in [2.75, 3.05) is 0 Å². The van der Waals surface area contributed by atoms with Gasteiger partial charge in [-0.05, 0) is 6.07 Å². The molecule has 1 aromatic rings. The summed E-state index contributed by atoms with van der Waals surface area (Å²) in [4.78, 5) is 10.3. The molecule has 1 atom stereocenters. The van der Waals surface area contributed by atoms with Gasteiger partial charge in [-0.2, -0.15) is 0 Å². The van der Waals surface area contributed by atoms with E-state index in [-0.39, 0.29) is 17.5 Å². The minimum atomic E-state index is -1.66. The van der Waals surface area contributed by atoms with E-state index in [1.165, 1.54) is 12.1 Å². The summed E-state index contributed by atoms with van der Waals surface area (Å²) in [5, 5.41) is 26.5. The lowest BCUT2D eigenvalue weighted by molar-refractivity contribution is -0.147. The van der Waals surface area contributed by atoms with Crippen LogP contribution < -0.4 is 6.15 Å². The van der Waals surface area contributed by atoms with Crippen LogP contribution in [-0.2, 0) is 4.79 Å². The van der Waals surface area contributed by atoms with E-state index in [4.69, 9.17) is 15.3 Å². The van der Waals surface area contributed by atoms with Crippen molar-refractivity contribution in [1.82, 2.24) is 6.15 Å². The molecule has 13 heavy (non-hydrogen) atoms. The van der Waals surface area contributed by atoms with E-state index in [9.17, 15) is 4.79 Å². The molecule has 0 heterocycles. The van der Waals surface area contributed by atoms with Crippen LogP contribution in [0.3, 0.4) is 0 Å². The van der Waals surface area contributed by atoms with Crippen molar-refractivity contribution in [3.63, 3.8) is 0 Å². The molecule has 0 aliphatic heterocycles. The fourth-order valence-corrected chi connectivity index (χ4v) is 0.852. The molecule has 1 rings (SSSR count). The monoisotopic (exact) mass is 185 g/mol. The van der Waals surface area contributed by atoms with Crippen LogP contribution in [0.1, 0.15) is 11.7 Å². The number of rotatable bonds is 2. The summed E-state index contributed by atoms with van der Waals surface area (Å²) in [6.07, 6.45) is -1.66. The van der Waals surface area contributed by atoms with Gasteiger partial charge in [-0.15, -0.1) is 0 Å². The van der Waals surface area contributed by atoms with Gasteiger partial charge in [0.25, 0.3) is 0 Å². The number of benzene rings is 1. The number of carbonyl (C=O) groups is 1. The van der Waals surface area contributed by atoms with Crippen molar-refractivity contribution in [2.24, 2.45) is 0 Å². The second kappa shape index (κ2) is 4.44. The number of aliphatic hydroxyl groups is 1. The van der Waals surface area contributed by atoms with E-state index < -0.39 is 12.1 Å². The molecule has 0 bridgehead atoms. The van der Waals surface area contributed by atoms with Crippen LogP contribution >= 0.6 is 0 Å². The Morgan fingerprint density at radius 3 is 2.31 bits per heavy atom. The normalized spacial score (nSPS) is 11.5. The van der Waals surface area contributed by atoms with Crippen molar-refractivity contribution in [3.8, 4) is 5.75 Å². The van der Waals surface area contributed by atoms with Crippen LogP contribution in [0.15, 0.2) is 24.3 Å². The van der Waals surface area contributed by atoms with Crippen molar-refractivity contribution in [2.45, 2.75) is 6.10 Å². The summed E-state index contributed by atoms with van der Waals surface area (Å²) in [6.45, 7) is 0. The third-order valence-electron chi connectivity index (χ3n) is 1.47. The molecule has 5 nitrogen and oxygen atoms in total. The van der Waals surface area contributed by atoms with Crippen molar-refractivity contribution in [1.29, 1.82) is 0 Å². The van der Waals surface area contributed by atoms with Gasteiger partial charge in [0.1, 0.15) is 5.75 Å². The van der Waals surface area contributed by atoms with Gasteiger partial charge in [-0.1, -0.05) is 18.2 Å². The van der Waals surface area contributed by atoms with Crippen LogP contribution in [-0.4, -0.2) is 21.3 Å². The molecule has 1 unspecified atom stereocenters. The zero-order valence-electron chi connectivity index (χ0n) is 6.84. The minimum absolute atomic E-state index is 0. The number of hydrogen-bond donors (Lipinski definition) is 4. The Morgan fingerprint density at radius 1 is 1.31 bits per heavy atom. The highest BCUT2D eigenvalue weighted by atomic mass is 16.4. The smallest absolute Gasteiger partial charge is 0.337 e. The number of hydrogen-bond acceptors (Lipinski definition) is 4. The molecule has 6 N–H and O–H groups in total. The second-order valence-electron chi connectivity index (χ2n) is 2.30. The Balaban J connectivity index is 0.00000144. The largest absolute Gasteiger partial charge is 0.508 e. The zero-order valence-corrected chi connectivity index (χ0v) is 6.84. The first-order valence-corrected chi connectivity index (χ1v) is 3.31. The lowest BCUT2D eigenvalue weighted by Gasteiger charge is -2.06. The van der Waals surface area contributed by atoms with Crippen molar-refractivity contribution < 1.29 is 20.1 Å². The van der Waals surface area contributed by atoms with E-state index in [0.717, 1.165) is 0 Å². The lowest BCUT2D eigenvalue weighted by Crippen LogP contribution is -2.10. The summed E-state index contributed by atoms with van der Waals surface area (Å²) in [7, 11) is 0. The first-order chi connectivity index (χ1) is 5.63. The predicted octanol–water partition coefficient (Wildman–Crippen LogP) is 0.672. The maximum absolute atomic E-state index is 10.3. The van der Waals surface area contributed by atoms with Gasteiger partial charge in [0.05, 0.1) is 0 Å². The number of aliphatic hydroxyl groups excluding tert-OH is 1. The number of phenolic OH excluding ortho intramolecular Hbond substituents is 1. The minimum Gasteiger partial charge on any atom is -0.508 e. The highest BCUT2D eigenvalue weighted by molar-refractivity contribution is 5.75. The van der Waals surface area contributed by atoms with Crippen LogP contribution in [0.25, 0.3) is 0 Å². The zero-order chi connectivity index (χ0) is 9.14. The SMILES string of the molecule is N.O=C(O)C(O)c1ccccc1O. The van der Waals surface area contributed by atoms with Gasteiger partial charge >= 0.3 is 5.97 Å². The molecule has 72 valence electrons. The van der Waals surface area contributed by atoms with Gasteiger partial charge in [0, 0.05) is 5.56 Å². The maximum Gasteiger partial charge on any atom is 0.337 e. The molecule has 0 radical (unpaired) electrons. The first-order valence-electron chi connectivity index (χ1n) is 3.31. The standard InChI is InChI=1S/C8H8O4.H3N/c9-6-4-2-1-3-5(6)7(10)8(11)12;/h1-4,7,9-10H,(H,11,12);1H3. The summed E-state index contributed by atoms with van der Waals surface area (Å²) in [6, 6.07) is 5.77. The van der Waals surface area contributed by atoms with Crippen molar-refractivity contribution in [3.05, 3.63) is 29.8 Å². The molecule has 0 spiro atoms. The summed E-state index contributed by atoms with van der Waals surface area (Å²) < 4.78 is 0. The van der Waals surface area contributed by atoms with E-state index in [1.807, 2.05) is 0 Å². The van der Waals surface area contributed by atoms with Crippen LogP contribution in [0.2, 0.25) is 0 Å². The number of phenols is 1. The fraction of sp³-hybridized carbons (Fsp3) is 0.125. The third-order valence-corrected chi connectivity index (χ3v) is 1.47. The maximum atomic E-state index is 10.3. The molecule has 1 aromatic carbocycles. The Labute approximate surface area is 74.8 Å². The van der Waals surface area contributed by atoms with Gasteiger partial charge in [0.2, 0.25) is 0 Å². The number of carboxylic acids is 1. The molecule has 0 aromatic heterocycles. The Hall–Kier alpha value is -1.59. The fourth-order valence-electron chi connectivity index (χ4n) is 0.852. The van der Waals surface area contributed by atoms with Gasteiger partial charge in [0.15, 0.2) is 6.10 Å². The quantitative estimate of drug-likeness (QED) is 0.541.